The molecule has 0 bridgehead atoms. The van der Waals surface area contributed by atoms with Crippen LogP contribution >= 0.6 is 0 Å². The van der Waals surface area contributed by atoms with Crippen molar-refractivity contribution in [3.63, 3.8) is 0 Å². The second kappa shape index (κ2) is 4.51. The van der Waals surface area contributed by atoms with Crippen LogP contribution in [0, 0.1) is 5.41 Å². The third-order valence-corrected chi connectivity index (χ3v) is 1.43. The Morgan fingerprint density at radius 1 is 1.40 bits per heavy atom. The topological polar surface area (TPSA) is 20.2 Å². The van der Waals surface area contributed by atoms with E-state index in [0.29, 0.717) is 0 Å². The maximum absolute atomic E-state index is 8.84. The standard InChI is InChI=1S/C9H18O/c1-4-5-6-7-9(2,3)8-10/h6-7,10H,4-5,8H2,1-3H3/b7-6+. The molecule has 1 nitrogen and oxygen atoms in total. The number of rotatable bonds is 4. The van der Waals surface area contributed by atoms with Gasteiger partial charge in [0.1, 0.15) is 0 Å². The van der Waals surface area contributed by atoms with Crippen molar-refractivity contribution in [1.82, 2.24) is 0 Å². The summed E-state index contributed by atoms with van der Waals surface area (Å²) >= 11 is 0. The molecule has 1 heteroatoms. The zero-order chi connectivity index (χ0) is 8.04. The van der Waals surface area contributed by atoms with Crippen LogP contribution in [-0.2, 0) is 0 Å². The second-order valence-corrected chi connectivity index (χ2v) is 3.34. The van der Waals surface area contributed by atoms with Gasteiger partial charge in [0.15, 0.2) is 0 Å². The molecule has 0 aromatic rings. The van der Waals surface area contributed by atoms with Crippen molar-refractivity contribution in [2.45, 2.75) is 33.6 Å². The van der Waals surface area contributed by atoms with Crippen LogP contribution in [0.1, 0.15) is 33.6 Å². The normalized spacial score (nSPS) is 12.8. The molecule has 10 heavy (non-hydrogen) atoms. The van der Waals surface area contributed by atoms with Gasteiger partial charge in [-0.25, -0.2) is 0 Å². The molecule has 0 saturated carbocycles. The van der Waals surface area contributed by atoms with Gasteiger partial charge in [0.2, 0.25) is 0 Å². The molecule has 0 aromatic carbocycles. The minimum absolute atomic E-state index is 0.0326. The van der Waals surface area contributed by atoms with Crippen molar-refractivity contribution in [1.29, 1.82) is 0 Å². The van der Waals surface area contributed by atoms with Gasteiger partial charge in [0.25, 0.3) is 0 Å². The summed E-state index contributed by atoms with van der Waals surface area (Å²) in [6.45, 7) is 6.43. The van der Waals surface area contributed by atoms with E-state index < -0.39 is 0 Å². The minimum Gasteiger partial charge on any atom is -0.395 e. The Hall–Kier alpha value is -0.300. The van der Waals surface area contributed by atoms with Crippen molar-refractivity contribution in [3.05, 3.63) is 12.2 Å². The summed E-state index contributed by atoms with van der Waals surface area (Å²) in [5.41, 5.74) is -0.0326. The molecule has 0 aliphatic carbocycles. The van der Waals surface area contributed by atoms with E-state index in [9.17, 15) is 0 Å². The summed E-state index contributed by atoms with van der Waals surface area (Å²) in [5, 5.41) is 8.84. The van der Waals surface area contributed by atoms with Crippen molar-refractivity contribution >= 4 is 0 Å². The van der Waals surface area contributed by atoms with E-state index >= 15 is 0 Å². The summed E-state index contributed by atoms with van der Waals surface area (Å²) < 4.78 is 0. The molecule has 0 aliphatic heterocycles. The SMILES string of the molecule is CCC/C=C/C(C)(C)CO. The lowest BCUT2D eigenvalue weighted by molar-refractivity contribution is 0.199. The molecule has 0 fully saturated rings. The van der Waals surface area contributed by atoms with Crippen LogP contribution in [-0.4, -0.2) is 11.7 Å². The average Bonchev–Trinajstić information content (AvgIpc) is 1.89. The molecule has 0 heterocycles. The third-order valence-electron chi connectivity index (χ3n) is 1.43. The largest absolute Gasteiger partial charge is 0.395 e. The lowest BCUT2D eigenvalue weighted by Gasteiger charge is -2.15. The highest BCUT2D eigenvalue weighted by Crippen LogP contribution is 2.15. The first-order valence-electron chi connectivity index (χ1n) is 3.91. The number of aliphatic hydroxyl groups excluding tert-OH is 1. The maximum atomic E-state index is 8.84. The van der Waals surface area contributed by atoms with Gasteiger partial charge in [-0.3, -0.25) is 0 Å². The summed E-state index contributed by atoms with van der Waals surface area (Å²) in [4.78, 5) is 0. The Morgan fingerprint density at radius 2 is 2.00 bits per heavy atom. The second-order valence-electron chi connectivity index (χ2n) is 3.34. The molecule has 0 aliphatic rings. The molecule has 0 amide bonds. The van der Waals surface area contributed by atoms with Gasteiger partial charge in [-0.1, -0.05) is 39.3 Å². The highest BCUT2D eigenvalue weighted by molar-refractivity contribution is 4.94. The smallest absolute Gasteiger partial charge is 0.0516 e. The van der Waals surface area contributed by atoms with Crippen LogP contribution < -0.4 is 0 Å². The monoisotopic (exact) mass is 142 g/mol. The van der Waals surface area contributed by atoms with Gasteiger partial charge in [-0.05, 0) is 6.42 Å². The van der Waals surface area contributed by atoms with Crippen LogP contribution in [0.25, 0.3) is 0 Å². The number of hydrogen-bond acceptors (Lipinski definition) is 1. The zero-order valence-electron chi connectivity index (χ0n) is 7.22. The first kappa shape index (κ1) is 9.70. The number of allylic oxidation sites excluding steroid dienone is 1. The van der Waals surface area contributed by atoms with Crippen LogP contribution in [0.3, 0.4) is 0 Å². The average molecular weight is 142 g/mol. The predicted molar refractivity (Wildman–Crippen MR) is 44.9 cm³/mol. The lowest BCUT2D eigenvalue weighted by atomic mass is 9.94. The van der Waals surface area contributed by atoms with Crippen molar-refractivity contribution < 1.29 is 5.11 Å². The van der Waals surface area contributed by atoms with Gasteiger partial charge in [-0.2, -0.15) is 0 Å². The summed E-state index contributed by atoms with van der Waals surface area (Å²) in [6.07, 6.45) is 6.51. The summed E-state index contributed by atoms with van der Waals surface area (Å²) in [5.74, 6) is 0. The van der Waals surface area contributed by atoms with Crippen molar-refractivity contribution in [2.75, 3.05) is 6.61 Å². The molecule has 1 N–H and O–H groups in total. The summed E-state index contributed by atoms with van der Waals surface area (Å²) in [6, 6.07) is 0. The van der Waals surface area contributed by atoms with Crippen LogP contribution in [0.5, 0.6) is 0 Å². The highest BCUT2D eigenvalue weighted by atomic mass is 16.3. The van der Waals surface area contributed by atoms with E-state index in [1.54, 1.807) is 0 Å². The molecular weight excluding hydrogens is 124 g/mol. The van der Waals surface area contributed by atoms with E-state index in [1.165, 1.54) is 6.42 Å². The maximum Gasteiger partial charge on any atom is 0.0516 e. The van der Waals surface area contributed by atoms with E-state index in [0.717, 1.165) is 6.42 Å². The fourth-order valence-corrected chi connectivity index (χ4v) is 0.622. The molecule has 0 atom stereocenters. The van der Waals surface area contributed by atoms with E-state index in [2.05, 4.69) is 19.1 Å². The lowest BCUT2D eigenvalue weighted by Crippen LogP contribution is -2.12. The van der Waals surface area contributed by atoms with Gasteiger partial charge >= 0.3 is 0 Å². The molecule has 60 valence electrons. The molecule has 0 aromatic heterocycles. The molecule has 0 radical (unpaired) electrons. The Labute approximate surface area is 63.8 Å². The van der Waals surface area contributed by atoms with Gasteiger partial charge < -0.3 is 5.11 Å². The third kappa shape index (κ3) is 4.57. The van der Waals surface area contributed by atoms with Gasteiger partial charge in [-0.15, -0.1) is 0 Å². The van der Waals surface area contributed by atoms with Crippen molar-refractivity contribution in [2.24, 2.45) is 5.41 Å². The van der Waals surface area contributed by atoms with Gasteiger partial charge in [0, 0.05) is 5.41 Å². The van der Waals surface area contributed by atoms with Crippen LogP contribution in [0.4, 0.5) is 0 Å². The number of aliphatic hydroxyl groups is 1. The molecule has 0 saturated heterocycles. The number of hydrogen-bond donors (Lipinski definition) is 1. The summed E-state index contributed by atoms with van der Waals surface area (Å²) in [7, 11) is 0. The van der Waals surface area contributed by atoms with Gasteiger partial charge in [0.05, 0.1) is 6.61 Å². The van der Waals surface area contributed by atoms with Crippen LogP contribution in [0.2, 0.25) is 0 Å². The Kier molecular flexibility index (Phi) is 4.37. The Morgan fingerprint density at radius 3 is 2.40 bits per heavy atom. The first-order valence-corrected chi connectivity index (χ1v) is 3.91. The van der Waals surface area contributed by atoms with E-state index in [-0.39, 0.29) is 12.0 Å². The highest BCUT2D eigenvalue weighted by Gasteiger charge is 2.09. The predicted octanol–water partition coefficient (Wildman–Crippen LogP) is 2.36. The first-order chi connectivity index (χ1) is 4.62. The number of unbranched alkanes of at least 4 members (excludes halogenated alkanes) is 1. The van der Waals surface area contributed by atoms with Crippen LogP contribution in [0.15, 0.2) is 12.2 Å². The molecular formula is C9H18O. The Bertz CT molecular complexity index is 103. The molecule has 0 rings (SSSR count). The fourth-order valence-electron chi connectivity index (χ4n) is 0.622. The Balaban J connectivity index is 3.63. The zero-order valence-corrected chi connectivity index (χ0v) is 7.22. The molecule has 0 spiro atoms. The fraction of sp³-hybridized carbons (Fsp3) is 0.778. The molecule has 0 unspecified atom stereocenters. The quantitative estimate of drug-likeness (QED) is 0.597. The van der Waals surface area contributed by atoms with E-state index in [1.807, 2.05) is 13.8 Å². The van der Waals surface area contributed by atoms with Crippen molar-refractivity contribution in [3.8, 4) is 0 Å². The van der Waals surface area contributed by atoms with E-state index in [4.69, 9.17) is 5.11 Å². The minimum atomic E-state index is -0.0326.